The molecule has 0 saturated carbocycles. The third-order valence-electron chi connectivity index (χ3n) is 3.27. The van der Waals surface area contributed by atoms with Gasteiger partial charge in [0.25, 0.3) is 0 Å². The first kappa shape index (κ1) is 16.8. The van der Waals surface area contributed by atoms with Gasteiger partial charge in [0.2, 0.25) is 0 Å². The molecule has 0 fully saturated rings. The second kappa shape index (κ2) is 6.69. The molecule has 0 amide bonds. The van der Waals surface area contributed by atoms with Gasteiger partial charge in [-0.05, 0) is 44.0 Å². The van der Waals surface area contributed by atoms with Crippen LogP contribution >= 0.6 is 0 Å². The topological polar surface area (TPSA) is 61.1 Å². The number of anilines is 1. The van der Waals surface area contributed by atoms with E-state index in [-0.39, 0.29) is 11.7 Å². The number of hydrogen-bond acceptors (Lipinski definition) is 3. The van der Waals surface area contributed by atoms with Gasteiger partial charge in [-0.3, -0.25) is 0 Å². The zero-order valence-electron chi connectivity index (χ0n) is 13.0. The normalized spacial score (nSPS) is 14.6. The molecule has 22 heavy (non-hydrogen) atoms. The first-order valence-electron chi connectivity index (χ1n) is 7.07. The number of hydrogen-bond donors (Lipinski definition) is 2. The van der Waals surface area contributed by atoms with Crippen LogP contribution in [0.1, 0.15) is 37.9 Å². The molecule has 0 aliphatic rings. The Balaban J connectivity index is 2.39. The van der Waals surface area contributed by atoms with Gasteiger partial charge in [0.05, 0.1) is 5.69 Å². The zero-order valence-corrected chi connectivity index (χ0v) is 13.8. The summed E-state index contributed by atoms with van der Waals surface area (Å²) in [6.07, 6.45) is 0. The highest BCUT2D eigenvalue weighted by Crippen LogP contribution is 2.27. The Morgan fingerprint density at radius 2 is 1.73 bits per heavy atom. The van der Waals surface area contributed by atoms with Crippen LogP contribution in [0.2, 0.25) is 0 Å². The summed E-state index contributed by atoms with van der Waals surface area (Å²) < 4.78 is 28.6. The van der Waals surface area contributed by atoms with Crippen molar-refractivity contribution < 1.29 is 8.94 Å². The van der Waals surface area contributed by atoms with Crippen molar-refractivity contribution in [3.8, 4) is 0 Å². The second-order valence-electron chi connectivity index (χ2n) is 6.12. The summed E-state index contributed by atoms with van der Waals surface area (Å²) in [6, 6.07) is 13.9. The van der Waals surface area contributed by atoms with Gasteiger partial charge in [-0.25, -0.2) is 4.39 Å². The molecule has 0 radical (unpaired) electrons. The quantitative estimate of drug-likeness (QED) is 0.669. The van der Waals surface area contributed by atoms with E-state index in [0.29, 0.717) is 0 Å². The van der Waals surface area contributed by atoms with E-state index in [1.807, 2.05) is 51.1 Å². The van der Waals surface area contributed by atoms with Crippen LogP contribution in [0.25, 0.3) is 0 Å². The van der Waals surface area contributed by atoms with Gasteiger partial charge in [0, 0.05) is 11.4 Å². The first-order valence-corrected chi connectivity index (χ1v) is 8.22. The molecule has 3 nitrogen and oxygen atoms in total. The lowest BCUT2D eigenvalue weighted by molar-refractivity contribution is 0.535. The molecule has 0 aliphatic carbocycles. The van der Waals surface area contributed by atoms with Gasteiger partial charge in [0.15, 0.2) is 0 Å². The van der Waals surface area contributed by atoms with Crippen molar-refractivity contribution in [3.63, 3.8) is 0 Å². The van der Waals surface area contributed by atoms with Crippen LogP contribution in [-0.2, 0) is 11.4 Å². The molecule has 2 aromatic carbocycles. The molecule has 5 heteroatoms. The minimum Gasteiger partial charge on any atom is -0.598 e. The molecule has 2 rings (SSSR count). The standard InChI is InChI=1S/C17H21FN2OS/c1-17(2,3)22(21)20-16(12-7-5-4-6-8-12)13-9-10-14(18)15(19)11-13/h4-11,16,20H,19H2,1-3H3. The maximum atomic E-state index is 13.4. The molecule has 2 aromatic rings. The average molecular weight is 320 g/mol. The molecule has 3 N–H and O–H groups in total. The van der Waals surface area contributed by atoms with Gasteiger partial charge >= 0.3 is 0 Å². The van der Waals surface area contributed by atoms with E-state index < -0.39 is 21.9 Å². The Morgan fingerprint density at radius 1 is 1.09 bits per heavy atom. The van der Waals surface area contributed by atoms with E-state index in [1.54, 1.807) is 12.1 Å². The van der Waals surface area contributed by atoms with Crippen LogP contribution in [0.5, 0.6) is 0 Å². The van der Waals surface area contributed by atoms with Crippen molar-refractivity contribution >= 4 is 17.0 Å². The summed E-state index contributed by atoms with van der Waals surface area (Å²) in [5.41, 5.74) is 7.49. The van der Waals surface area contributed by atoms with Gasteiger partial charge in [-0.1, -0.05) is 36.4 Å². The Hall–Kier alpha value is -1.56. The lowest BCUT2D eigenvalue weighted by atomic mass is 9.99. The molecule has 0 heterocycles. The number of nitrogens with two attached hydrogens (primary N) is 1. The fraction of sp³-hybridized carbons (Fsp3) is 0.294. The minimum atomic E-state index is -1.26. The third-order valence-corrected chi connectivity index (χ3v) is 4.83. The molecule has 0 aliphatic heterocycles. The number of halogens is 1. The maximum absolute atomic E-state index is 13.4. The van der Waals surface area contributed by atoms with Crippen LogP contribution < -0.4 is 10.5 Å². The fourth-order valence-electron chi connectivity index (χ4n) is 2.00. The molecule has 118 valence electrons. The Labute approximate surface area is 134 Å². The maximum Gasteiger partial charge on any atom is 0.146 e. The van der Waals surface area contributed by atoms with E-state index in [0.717, 1.165) is 11.1 Å². The molecule has 0 spiro atoms. The van der Waals surface area contributed by atoms with Crippen molar-refractivity contribution in [1.29, 1.82) is 0 Å². The second-order valence-corrected chi connectivity index (χ2v) is 8.12. The van der Waals surface area contributed by atoms with Crippen molar-refractivity contribution in [2.45, 2.75) is 31.6 Å². The Morgan fingerprint density at radius 3 is 2.27 bits per heavy atom. The summed E-state index contributed by atoms with van der Waals surface area (Å²) in [5.74, 6) is -0.451. The summed E-state index contributed by atoms with van der Waals surface area (Å²) in [4.78, 5) is 0. The van der Waals surface area contributed by atoms with E-state index in [1.165, 1.54) is 6.07 Å². The van der Waals surface area contributed by atoms with E-state index in [4.69, 9.17) is 5.73 Å². The highest BCUT2D eigenvalue weighted by atomic mass is 32.2. The highest BCUT2D eigenvalue weighted by Gasteiger charge is 2.30. The molecular weight excluding hydrogens is 299 g/mol. The smallest absolute Gasteiger partial charge is 0.146 e. The van der Waals surface area contributed by atoms with Crippen LogP contribution in [0.15, 0.2) is 48.5 Å². The van der Waals surface area contributed by atoms with E-state index in [2.05, 4.69) is 4.72 Å². The number of benzene rings is 2. The predicted molar refractivity (Wildman–Crippen MR) is 90.1 cm³/mol. The highest BCUT2D eigenvalue weighted by molar-refractivity contribution is 7.90. The van der Waals surface area contributed by atoms with Crippen molar-refractivity contribution in [2.24, 2.45) is 0 Å². The largest absolute Gasteiger partial charge is 0.598 e. The lowest BCUT2D eigenvalue weighted by Gasteiger charge is -2.28. The average Bonchev–Trinajstić information content (AvgIpc) is 2.47. The van der Waals surface area contributed by atoms with Gasteiger partial charge in [0.1, 0.15) is 16.6 Å². The predicted octanol–water partition coefficient (Wildman–Crippen LogP) is 3.55. The molecule has 0 aromatic heterocycles. The SMILES string of the molecule is CC(C)(C)[S+]([O-])NC(c1ccccc1)c1ccc(F)c(N)c1. The van der Waals surface area contributed by atoms with Crippen LogP contribution in [0.3, 0.4) is 0 Å². The fourth-order valence-corrected chi connectivity index (χ4v) is 2.84. The minimum absolute atomic E-state index is 0.0850. The number of nitrogens with one attached hydrogen (secondary N) is 1. The summed E-state index contributed by atoms with van der Waals surface area (Å²) in [7, 11) is 0. The summed E-state index contributed by atoms with van der Waals surface area (Å²) in [5, 5.41) is 0. The Kier molecular flexibility index (Phi) is 5.11. The first-order chi connectivity index (χ1) is 10.3. The van der Waals surface area contributed by atoms with Gasteiger partial charge in [-0.2, -0.15) is 0 Å². The molecular formula is C17H21FN2OS. The Bertz CT molecular complexity index is 628. The van der Waals surface area contributed by atoms with Gasteiger partial charge < -0.3 is 10.3 Å². The number of nitrogen functional groups attached to an aromatic ring is 1. The van der Waals surface area contributed by atoms with Crippen LogP contribution in [0, 0.1) is 5.82 Å². The van der Waals surface area contributed by atoms with E-state index >= 15 is 0 Å². The van der Waals surface area contributed by atoms with Crippen molar-refractivity contribution in [1.82, 2.24) is 4.72 Å². The summed E-state index contributed by atoms with van der Waals surface area (Å²) >= 11 is -1.26. The summed E-state index contributed by atoms with van der Waals surface area (Å²) in [6.45, 7) is 5.70. The molecule has 2 atom stereocenters. The van der Waals surface area contributed by atoms with Crippen LogP contribution in [0.4, 0.5) is 10.1 Å². The zero-order chi connectivity index (χ0) is 16.3. The number of rotatable bonds is 4. The lowest BCUT2D eigenvalue weighted by Crippen LogP contribution is -2.41. The van der Waals surface area contributed by atoms with Crippen molar-refractivity contribution in [2.75, 3.05) is 5.73 Å². The molecule has 0 saturated heterocycles. The molecule has 2 unspecified atom stereocenters. The van der Waals surface area contributed by atoms with Crippen LogP contribution in [-0.4, -0.2) is 9.30 Å². The van der Waals surface area contributed by atoms with Gasteiger partial charge in [-0.15, -0.1) is 4.72 Å². The molecule has 0 bridgehead atoms. The third kappa shape index (κ3) is 4.00. The monoisotopic (exact) mass is 320 g/mol. The van der Waals surface area contributed by atoms with E-state index in [9.17, 15) is 8.94 Å². The van der Waals surface area contributed by atoms with Crippen molar-refractivity contribution in [3.05, 3.63) is 65.5 Å².